The molecule has 0 aliphatic carbocycles. The summed E-state index contributed by atoms with van der Waals surface area (Å²) in [5, 5.41) is 7.70. The van der Waals surface area contributed by atoms with Gasteiger partial charge >= 0.3 is 0 Å². The summed E-state index contributed by atoms with van der Waals surface area (Å²) in [5.74, 6) is -0.654. The number of carbonyl (C=O) groups excluding carboxylic acids is 1. The molecule has 1 saturated heterocycles. The van der Waals surface area contributed by atoms with E-state index in [1.54, 1.807) is 13.0 Å². The largest absolute Gasteiger partial charge is 0.379 e. The lowest BCUT2D eigenvalue weighted by Crippen LogP contribution is -2.43. The molecule has 1 fully saturated rings. The van der Waals surface area contributed by atoms with Crippen molar-refractivity contribution in [1.29, 1.82) is 0 Å². The summed E-state index contributed by atoms with van der Waals surface area (Å²) in [4.78, 5) is 12.6. The molecule has 1 aromatic heterocycles. The molecular weight excluding hydrogens is 439 g/mol. The number of hydrogen-bond donors (Lipinski definition) is 1. The summed E-state index contributed by atoms with van der Waals surface area (Å²) in [6.07, 6.45) is 0. The van der Waals surface area contributed by atoms with E-state index in [4.69, 9.17) is 27.9 Å². The van der Waals surface area contributed by atoms with Gasteiger partial charge in [0.2, 0.25) is 10.0 Å². The smallest absolute Gasteiger partial charge is 0.256 e. The molecule has 1 amide bonds. The Morgan fingerprint density at radius 3 is 2.62 bits per heavy atom. The molecule has 0 bridgehead atoms. The summed E-state index contributed by atoms with van der Waals surface area (Å²) in [5.41, 5.74) is 1.50. The Balaban J connectivity index is 1.64. The SMILES string of the molecule is Cc1nn(Cc2ccccc2Cl)c(Cl)c1C(=O)NCCS(=O)(=O)N1CCOCC1. The van der Waals surface area contributed by atoms with Crippen molar-refractivity contribution < 1.29 is 17.9 Å². The summed E-state index contributed by atoms with van der Waals surface area (Å²) >= 11 is 12.6. The van der Waals surface area contributed by atoms with Crippen LogP contribution in [0.3, 0.4) is 0 Å². The van der Waals surface area contributed by atoms with Gasteiger partial charge in [0.1, 0.15) is 5.15 Å². The predicted octanol–water partition coefficient (Wildman–Crippen LogP) is 1.94. The van der Waals surface area contributed by atoms with Gasteiger partial charge in [-0.1, -0.05) is 41.4 Å². The zero-order valence-corrected chi connectivity index (χ0v) is 18.2. The number of ether oxygens (including phenoxy) is 1. The monoisotopic (exact) mass is 460 g/mol. The number of aromatic nitrogens is 2. The standard InChI is InChI=1S/C18H22Cl2N4O4S/c1-13-16(17(20)24(22-13)12-14-4-2-3-5-15(14)19)18(25)21-6-11-29(26,27)23-7-9-28-10-8-23/h2-5H,6-12H2,1H3,(H,21,25). The fourth-order valence-electron chi connectivity index (χ4n) is 3.04. The second-order valence-corrected chi connectivity index (χ2v) is 9.44. The Bertz CT molecular complexity index is 988. The number of hydrogen-bond acceptors (Lipinski definition) is 5. The van der Waals surface area contributed by atoms with E-state index < -0.39 is 15.9 Å². The Labute approximate surface area is 179 Å². The number of carbonyl (C=O) groups is 1. The Hall–Kier alpha value is -1.65. The van der Waals surface area contributed by atoms with Gasteiger partial charge < -0.3 is 10.1 Å². The average molecular weight is 461 g/mol. The molecular formula is C18H22Cl2N4O4S. The van der Waals surface area contributed by atoms with E-state index in [-0.39, 0.29) is 23.0 Å². The van der Waals surface area contributed by atoms with Crippen LogP contribution in [0.1, 0.15) is 21.6 Å². The number of amides is 1. The van der Waals surface area contributed by atoms with Crippen molar-refractivity contribution in [2.75, 3.05) is 38.6 Å². The quantitative estimate of drug-likeness (QED) is 0.681. The van der Waals surface area contributed by atoms with Gasteiger partial charge in [-0.05, 0) is 18.6 Å². The lowest BCUT2D eigenvalue weighted by Gasteiger charge is -2.26. The van der Waals surface area contributed by atoms with Gasteiger partial charge in [-0.15, -0.1) is 0 Å². The van der Waals surface area contributed by atoms with Crippen molar-refractivity contribution >= 4 is 39.1 Å². The van der Waals surface area contributed by atoms with Crippen LogP contribution in [0, 0.1) is 6.92 Å². The average Bonchev–Trinajstić information content (AvgIpc) is 2.97. The van der Waals surface area contributed by atoms with Crippen molar-refractivity contribution in [2.45, 2.75) is 13.5 Å². The summed E-state index contributed by atoms with van der Waals surface area (Å²) in [6.45, 7) is 3.39. The molecule has 11 heteroatoms. The molecule has 0 spiro atoms. The highest BCUT2D eigenvalue weighted by Gasteiger charge is 2.25. The maximum Gasteiger partial charge on any atom is 0.256 e. The molecule has 1 aliphatic heterocycles. The van der Waals surface area contributed by atoms with Crippen LogP contribution < -0.4 is 5.32 Å². The first kappa shape index (κ1) is 22.0. The number of morpholine rings is 1. The predicted molar refractivity (Wildman–Crippen MR) is 111 cm³/mol. The molecule has 2 heterocycles. The van der Waals surface area contributed by atoms with E-state index in [0.717, 1.165) is 5.56 Å². The molecule has 0 saturated carbocycles. The van der Waals surface area contributed by atoms with Crippen molar-refractivity contribution in [3.8, 4) is 0 Å². The first-order chi connectivity index (χ1) is 13.8. The first-order valence-corrected chi connectivity index (χ1v) is 11.5. The third-order valence-electron chi connectivity index (χ3n) is 4.58. The highest BCUT2D eigenvalue weighted by Crippen LogP contribution is 2.23. The molecule has 0 unspecified atom stereocenters. The van der Waals surface area contributed by atoms with Gasteiger partial charge in [0, 0.05) is 24.7 Å². The molecule has 2 aromatic rings. The lowest BCUT2D eigenvalue weighted by molar-refractivity contribution is 0.0730. The summed E-state index contributed by atoms with van der Waals surface area (Å²) in [6, 6.07) is 7.30. The number of nitrogens with one attached hydrogen (secondary N) is 1. The number of benzene rings is 1. The molecule has 8 nitrogen and oxygen atoms in total. The minimum absolute atomic E-state index is 0.0238. The fourth-order valence-corrected chi connectivity index (χ4v) is 4.88. The van der Waals surface area contributed by atoms with Crippen LogP contribution in [0.2, 0.25) is 10.2 Å². The van der Waals surface area contributed by atoms with Crippen LogP contribution in [0.15, 0.2) is 24.3 Å². The molecule has 3 rings (SSSR count). The molecule has 0 atom stereocenters. The van der Waals surface area contributed by atoms with Crippen molar-refractivity contribution in [1.82, 2.24) is 19.4 Å². The number of aryl methyl sites for hydroxylation is 1. The van der Waals surface area contributed by atoms with Crippen molar-refractivity contribution in [3.05, 3.63) is 51.3 Å². The van der Waals surface area contributed by atoms with E-state index in [0.29, 0.717) is 43.6 Å². The van der Waals surface area contributed by atoms with Crippen LogP contribution in [-0.2, 0) is 21.3 Å². The molecule has 0 radical (unpaired) electrons. The summed E-state index contributed by atoms with van der Waals surface area (Å²) < 4.78 is 32.7. The van der Waals surface area contributed by atoms with E-state index in [1.165, 1.54) is 8.99 Å². The zero-order valence-electron chi connectivity index (χ0n) is 15.9. The number of halogens is 2. The Morgan fingerprint density at radius 1 is 1.24 bits per heavy atom. The van der Waals surface area contributed by atoms with E-state index in [2.05, 4.69) is 10.4 Å². The topological polar surface area (TPSA) is 93.5 Å². The maximum absolute atomic E-state index is 12.6. The minimum Gasteiger partial charge on any atom is -0.379 e. The van der Waals surface area contributed by atoms with Crippen molar-refractivity contribution in [3.63, 3.8) is 0 Å². The maximum atomic E-state index is 12.6. The number of nitrogens with zero attached hydrogens (tertiary/aromatic N) is 3. The lowest BCUT2D eigenvalue weighted by atomic mass is 10.2. The highest BCUT2D eigenvalue weighted by molar-refractivity contribution is 7.89. The normalized spacial score (nSPS) is 15.4. The molecule has 1 aliphatic rings. The zero-order chi connectivity index (χ0) is 21.0. The van der Waals surface area contributed by atoms with Crippen molar-refractivity contribution in [2.24, 2.45) is 0 Å². The third-order valence-corrected chi connectivity index (χ3v) is 7.20. The first-order valence-electron chi connectivity index (χ1n) is 9.09. The minimum atomic E-state index is -3.45. The van der Waals surface area contributed by atoms with Crippen LogP contribution in [0.4, 0.5) is 0 Å². The van der Waals surface area contributed by atoms with Crippen LogP contribution >= 0.6 is 23.2 Å². The summed E-state index contributed by atoms with van der Waals surface area (Å²) in [7, 11) is -3.45. The Kier molecular flexibility index (Phi) is 7.18. The third kappa shape index (κ3) is 5.29. The van der Waals surface area contributed by atoms with Gasteiger partial charge in [-0.25, -0.2) is 13.1 Å². The second kappa shape index (κ2) is 9.44. The Morgan fingerprint density at radius 2 is 1.93 bits per heavy atom. The van der Waals surface area contributed by atoms with Crippen LogP contribution in [0.5, 0.6) is 0 Å². The van der Waals surface area contributed by atoms with Gasteiger partial charge in [0.15, 0.2) is 0 Å². The van der Waals surface area contributed by atoms with E-state index in [1.807, 2.05) is 18.2 Å². The van der Waals surface area contributed by atoms with E-state index >= 15 is 0 Å². The van der Waals surface area contributed by atoms with Gasteiger partial charge in [-0.3, -0.25) is 4.79 Å². The van der Waals surface area contributed by atoms with Gasteiger partial charge in [0.25, 0.3) is 5.91 Å². The molecule has 158 valence electrons. The molecule has 1 N–H and O–H groups in total. The van der Waals surface area contributed by atoms with E-state index in [9.17, 15) is 13.2 Å². The number of sulfonamides is 1. The number of rotatable bonds is 7. The van der Waals surface area contributed by atoms with Crippen LogP contribution in [0.25, 0.3) is 0 Å². The highest BCUT2D eigenvalue weighted by atomic mass is 35.5. The van der Waals surface area contributed by atoms with Gasteiger partial charge in [-0.2, -0.15) is 9.40 Å². The van der Waals surface area contributed by atoms with Crippen LogP contribution in [-0.4, -0.2) is 67.0 Å². The fraction of sp³-hybridized carbons (Fsp3) is 0.444. The van der Waals surface area contributed by atoms with Gasteiger partial charge in [0.05, 0.1) is 36.8 Å². The molecule has 1 aromatic carbocycles. The molecule has 29 heavy (non-hydrogen) atoms. The second-order valence-electron chi connectivity index (χ2n) is 6.58.